The Bertz CT molecular complexity index is 749. The first-order chi connectivity index (χ1) is 14.9. The smallest absolute Gasteiger partial charge is 0.410 e. The van der Waals surface area contributed by atoms with Gasteiger partial charge in [-0.1, -0.05) is 20.4 Å². The largest absolute Gasteiger partial charge is 0.444 e. The van der Waals surface area contributed by atoms with E-state index >= 15 is 0 Å². The van der Waals surface area contributed by atoms with Crippen molar-refractivity contribution in [2.45, 2.75) is 65.5 Å². The number of rotatable bonds is 7. The number of hydrogen-bond donors (Lipinski definition) is 2. The van der Waals surface area contributed by atoms with E-state index in [-0.39, 0.29) is 23.5 Å². The molecule has 2 saturated heterocycles. The minimum absolute atomic E-state index is 0.0250. The Hall–Kier alpha value is -2.58. The lowest BCUT2D eigenvalue weighted by atomic mass is 9.79. The van der Waals surface area contributed by atoms with Crippen LogP contribution in [0.5, 0.6) is 0 Å². The molecule has 1 spiro atoms. The lowest BCUT2D eigenvalue weighted by Crippen LogP contribution is -2.60. The second-order valence-electron chi connectivity index (χ2n) is 10.4. The maximum Gasteiger partial charge on any atom is 0.410 e. The summed E-state index contributed by atoms with van der Waals surface area (Å²) >= 11 is 0. The van der Waals surface area contributed by atoms with Gasteiger partial charge in [0.15, 0.2) is 0 Å². The van der Waals surface area contributed by atoms with Gasteiger partial charge in [-0.2, -0.15) is 4.99 Å². The summed E-state index contributed by atoms with van der Waals surface area (Å²) in [5.41, 5.74) is -0.455. The van der Waals surface area contributed by atoms with Crippen LogP contribution in [0.3, 0.4) is 0 Å². The molecule has 0 aromatic heterocycles. The normalized spacial score (nSPS) is 18.9. The zero-order valence-electron chi connectivity index (χ0n) is 20.5. The second-order valence-corrected chi connectivity index (χ2v) is 10.4. The van der Waals surface area contributed by atoms with Crippen LogP contribution < -0.4 is 10.6 Å². The molecule has 2 fully saturated rings. The van der Waals surface area contributed by atoms with Gasteiger partial charge in [0.05, 0.1) is 0 Å². The SMILES string of the molecule is C=N/C(=N\C(=C)N[C@H](CC(=O)NC)CC(C)C)N1CCC2(CN(C(=O)OC(C)(C)C)C2)C1. The van der Waals surface area contributed by atoms with Gasteiger partial charge in [-0.25, -0.2) is 9.79 Å². The molecule has 9 nitrogen and oxygen atoms in total. The highest BCUT2D eigenvalue weighted by Gasteiger charge is 2.50. The Kier molecular flexibility index (Phi) is 8.31. The zero-order chi connectivity index (χ0) is 24.1. The molecule has 0 saturated carbocycles. The van der Waals surface area contributed by atoms with Crippen molar-refractivity contribution in [2.75, 3.05) is 33.2 Å². The van der Waals surface area contributed by atoms with E-state index in [2.05, 4.69) is 52.7 Å². The van der Waals surface area contributed by atoms with Crippen LogP contribution in [0.2, 0.25) is 0 Å². The highest BCUT2D eigenvalue weighted by Crippen LogP contribution is 2.40. The van der Waals surface area contributed by atoms with E-state index in [9.17, 15) is 9.59 Å². The molecule has 0 aromatic carbocycles. The summed E-state index contributed by atoms with van der Waals surface area (Å²) in [6.07, 6.45) is 1.87. The Labute approximate surface area is 192 Å². The van der Waals surface area contributed by atoms with Gasteiger partial charge in [0.1, 0.15) is 11.4 Å². The molecule has 0 bridgehead atoms. The molecule has 2 aliphatic heterocycles. The van der Waals surface area contributed by atoms with Gasteiger partial charge in [-0.05, 0) is 46.2 Å². The van der Waals surface area contributed by atoms with E-state index in [1.54, 1.807) is 11.9 Å². The topological polar surface area (TPSA) is 98.6 Å². The lowest BCUT2D eigenvalue weighted by Gasteiger charge is -2.47. The summed E-state index contributed by atoms with van der Waals surface area (Å²) in [5.74, 6) is 1.38. The number of nitrogens with one attached hydrogen (secondary N) is 2. The van der Waals surface area contributed by atoms with Crippen LogP contribution in [-0.2, 0) is 9.53 Å². The maximum atomic E-state index is 12.3. The number of hydrogen-bond acceptors (Lipinski definition) is 5. The van der Waals surface area contributed by atoms with Crippen LogP contribution in [0.25, 0.3) is 0 Å². The van der Waals surface area contributed by atoms with Gasteiger partial charge in [-0.15, -0.1) is 0 Å². The molecule has 0 aliphatic carbocycles. The average Bonchev–Trinajstić information content (AvgIpc) is 3.08. The van der Waals surface area contributed by atoms with E-state index in [1.807, 2.05) is 20.8 Å². The van der Waals surface area contributed by atoms with E-state index in [1.165, 1.54) is 0 Å². The van der Waals surface area contributed by atoms with Crippen LogP contribution in [-0.4, -0.2) is 79.3 Å². The van der Waals surface area contributed by atoms with Crippen molar-refractivity contribution in [3.05, 3.63) is 12.4 Å². The van der Waals surface area contributed by atoms with Gasteiger partial charge >= 0.3 is 6.09 Å². The number of ether oxygens (including phenoxy) is 1. The number of guanidine groups is 1. The van der Waals surface area contributed by atoms with E-state index < -0.39 is 5.60 Å². The van der Waals surface area contributed by atoms with Crippen molar-refractivity contribution in [1.82, 2.24) is 20.4 Å². The predicted octanol–water partition coefficient (Wildman–Crippen LogP) is 2.60. The highest BCUT2D eigenvalue weighted by molar-refractivity contribution is 5.85. The molecule has 2 rings (SSSR count). The van der Waals surface area contributed by atoms with Crippen molar-refractivity contribution in [3.8, 4) is 0 Å². The van der Waals surface area contributed by atoms with E-state index in [0.29, 0.717) is 37.2 Å². The molecule has 0 aromatic rings. The first-order valence-electron chi connectivity index (χ1n) is 11.3. The molecule has 180 valence electrons. The third-order valence-electron chi connectivity index (χ3n) is 5.64. The van der Waals surface area contributed by atoms with E-state index in [0.717, 1.165) is 25.9 Å². The maximum absolute atomic E-state index is 12.3. The van der Waals surface area contributed by atoms with Gasteiger partial charge in [0, 0.05) is 51.1 Å². The molecular formula is C23H40N6O3. The van der Waals surface area contributed by atoms with Crippen molar-refractivity contribution in [1.29, 1.82) is 0 Å². The van der Waals surface area contributed by atoms with Gasteiger partial charge in [0.25, 0.3) is 0 Å². The van der Waals surface area contributed by atoms with Crippen LogP contribution in [0.1, 0.15) is 53.9 Å². The summed E-state index contributed by atoms with van der Waals surface area (Å²) in [5, 5.41) is 5.93. The zero-order valence-corrected chi connectivity index (χ0v) is 20.5. The Morgan fingerprint density at radius 2 is 1.81 bits per heavy atom. The molecule has 2 heterocycles. The van der Waals surface area contributed by atoms with Crippen LogP contribution in [0, 0.1) is 11.3 Å². The summed E-state index contributed by atoms with van der Waals surface area (Å²) in [4.78, 5) is 36.6. The Morgan fingerprint density at radius 1 is 1.19 bits per heavy atom. The minimum atomic E-state index is -0.493. The lowest BCUT2D eigenvalue weighted by molar-refractivity contribution is -0.121. The summed E-state index contributed by atoms with van der Waals surface area (Å²) in [6.45, 7) is 20.4. The van der Waals surface area contributed by atoms with Crippen LogP contribution in [0.15, 0.2) is 22.4 Å². The fourth-order valence-corrected chi connectivity index (χ4v) is 4.27. The van der Waals surface area contributed by atoms with Crippen LogP contribution in [0.4, 0.5) is 4.79 Å². The van der Waals surface area contributed by atoms with Gasteiger partial charge in [-0.3, -0.25) is 4.79 Å². The summed E-state index contributed by atoms with van der Waals surface area (Å²) in [6, 6.07) is -0.0591. The quantitative estimate of drug-likeness (QED) is 0.461. The second kappa shape index (κ2) is 10.4. The van der Waals surface area contributed by atoms with E-state index in [4.69, 9.17) is 4.74 Å². The van der Waals surface area contributed by atoms with Crippen LogP contribution >= 0.6 is 0 Å². The molecular weight excluding hydrogens is 408 g/mol. The molecule has 2 amide bonds. The predicted molar refractivity (Wildman–Crippen MR) is 128 cm³/mol. The highest BCUT2D eigenvalue weighted by atomic mass is 16.6. The summed E-state index contributed by atoms with van der Waals surface area (Å²) in [7, 11) is 1.63. The molecule has 2 N–H and O–H groups in total. The average molecular weight is 449 g/mol. The first kappa shape index (κ1) is 25.7. The monoisotopic (exact) mass is 448 g/mol. The number of aliphatic imine (C=N–C) groups is 2. The molecule has 1 atom stereocenters. The first-order valence-corrected chi connectivity index (χ1v) is 11.3. The fourth-order valence-electron chi connectivity index (χ4n) is 4.27. The number of carbonyl (C=O) groups excluding carboxylic acids is 2. The molecule has 32 heavy (non-hydrogen) atoms. The molecule has 0 radical (unpaired) electrons. The molecule has 9 heteroatoms. The number of carbonyl (C=O) groups is 2. The van der Waals surface area contributed by atoms with Crippen molar-refractivity contribution in [3.63, 3.8) is 0 Å². The number of likely N-dealkylation sites (tertiary alicyclic amines) is 2. The molecule has 2 aliphatic rings. The molecule has 0 unspecified atom stereocenters. The Morgan fingerprint density at radius 3 is 2.34 bits per heavy atom. The van der Waals surface area contributed by atoms with Gasteiger partial charge < -0.3 is 25.2 Å². The number of nitrogens with zero attached hydrogens (tertiary/aromatic N) is 4. The standard InChI is InChI=1S/C23H40N6O3/c1-16(2)11-18(12-19(30)24-7)26-17(3)27-20(25-8)28-10-9-23(13-28)14-29(15-23)21(31)32-22(4,5)6/h16,18,26H,3,8-15H2,1-2,4-7H3,(H,24,30)/b27-20+/t18-/m0/s1. The third-order valence-corrected chi connectivity index (χ3v) is 5.64. The van der Waals surface area contributed by atoms with Crippen molar-refractivity contribution < 1.29 is 14.3 Å². The third kappa shape index (κ3) is 7.24. The summed E-state index contributed by atoms with van der Waals surface area (Å²) < 4.78 is 5.47. The van der Waals surface area contributed by atoms with Gasteiger partial charge in [0.2, 0.25) is 11.9 Å². The Balaban J connectivity index is 1.94. The number of amides is 2. The van der Waals surface area contributed by atoms with Crippen molar-refractivity contribution >= 4 is 24.7 Å². The fraction of sp³-hybridized carbons (Fsp3) is 0.739. The minimum Gasteiger partial charge on any atom is -0.444 e. The van der Waals surface area contributed by atoms with Crippen molar-refractivity contribution in [2.24, 2.45) is 21.3 Å².